The Morgan fingerprint density at radius 2 is 2.00 bits per heavy atom. The summed E-state index contributed by atoms with van der Waals surface area (Å²) in [7, 11) is 0. The van der Waals surface area contributed by atoms with Crippen LogP contribution in [0.3, 0.4) is 0 Å². The molecule has 0 saturated carbocycles. The zero-order valence-electron chi connectivity index (χ0n) is 7.60. The van der Waals surface area contributed by atoms with Crippen molar-refractivity contribution in [3.8, 4) is 0 Å². The third-order valence-corrected chi connectivity index (χ3v) is 2.03. The molecule has 0 heterocycles. The molecule has 0 aliphatic heterocycles. The van der Waals surface area contributed by atoms with Crippen LogP contribution in [0.15, 0.2) is 18.2 Å². The third-order valence-electron chi connectivity index (χ3n) is 1.79. The van der Waals surface area contributed by atoms with E-state index in [-0.39, 0.29) is 5.11 Å². The van der Waals surface area contributed by atoms with E-state index >= 15 is 0 Å². The molecule has 6 heteroatoms. The van der Waals surface area contributed by atoms with E-state index < -0.39 is 0 Å². The van der Waals surface area contributed by atoms with E-state index in [1.807, 2.05) is 0 Å². The highest BCUT2D eigenvalue weighted by Gasteiger charge is 2.05. The van der Waals surface area contributed by atoms with Gasteiger partial charge in [0.05, 0.1) is 6.54 Å². The van der Waals surface area contributed by atoms with Gasteiger partial charge < -0.3 is 17.2 Å². The number of anilines is 2. The van der Waals surface area contributed by atoms with E-state index in [2.05, 4.69) is 0 Å². The summed E-state index contributed by atoms with van der Waals surface area (Å²) in [6, 6.07) is 5.21. The number of rotatable bonds is 2. The SMILES string of the molecule is NC(=S)N(N)Cc1ccc(N)cc1N. The summed E-state index contributed by atoms with van der Waals surface area (Å²) in [5, 5.41) is 1.37. The predicted molar refractivity (Wildman–Crippen MR) is 61.8 cm³/mol. The lowest BCUT2D eigenvalue weighted by Gasteiger charge is -2.17. The first kappa shape index (κ1) is 10.6. The largest absolute Gasteiger partial charge is 0.399 e. The number of hydrazine groups is 1. The van der Waals surface area contributed by atoms with E-state index in [1.54, 1.807) is 18.2 Å². The molecule has 1 aromatic rings. The van der Waals surface area contributed by atoms with Gasteiger partial charge in [-0.05, 0) is 29.9 Å². The van der Waals surface area contributed by atoms with Crippen LogP contribution < -0.4 is 23.0 Å². The standard InChI is InChI=1S/C8H13N5S/c9-6-2-1-5(7(10)3-6)4-13(12)8(11)14/h1-3H,4,9-10,12H2,(H2,11,14). The maximum atomic E-state index is 5.72. The topological polar surface area (TPSA) is 107 Å². The Balaban J connectivity index is 2.82. The molecule has 0 aromatic heterocycles. The van der Waals surface area contributed by atoms with Crippen molar-refractivity contribution in [2.45, 2.75) is 6.54 Å². The maximum absolute atomic E-state index is 5.72. The van der Waals surface area contributed by atoms with Gasteiger partial charge in [-0.15, -0.1) is 0 Å². The van der Waals surface area contributed by atoms with Gasteiger partial charge in [-0.3, -0.25) is 5.01 Å². The van der Waals surface area contributed by atoms with Crippen LogP contribution in [0.2, 0.25) is 0 Å². The molecule has 5 nitrogen and oxygen atoms in total. The van der Waals surface area contributed by atoms with E-state index in [4.69, 9.17) is 35.3 Å². The monoisotopic (exact) mass is 211 g/mol. The van der Waals surface area contributed by atoms with Crippen LogP contribution in [-0.2, 0) is 6.54 Å². The average Bonchev–Trinajstić information content (AvgIpc) is 2.09. The third kappa shape index (κ3) is 2.48. The summed E-state index contributed by atoms with van der Waals surface area (Å²) >= 11 is 4.70. The van der Waals surface area contributed by atoms with Crippen LogP contribution in [0.5, 0.6) is 0 Å². The Hall–Kier alpha value is -1.53. The quantitative estimate of drug-likeness (QED) is 0.233. The van der Waals surface area contributed by atoms with Gasteiger partial charge >= 0.3 is 0 Å². The predicted octanol–water partition coefficient (Wildman–Crippen LogP) is -0.230. The summed E-state index contributed by atoms with van der Waals surface area (Å²) < 4.78 is 0. The molecule has 76 valence electrons. The minimum Gasteiger partial charge on any atom is -0.399 e. The molecule has 0 spiro atoms. The van der Waals surface area contributed by atoms with Crippen molar-refractivity contribution >= 4 is 28.7 Å². The van der Waals surface area contributed by atoms with Crippen molar-refractivity contribution in [1.29, 1.82) is 0 Å². The molecule has 0 radical (unpaired) electrons. The van der Waals surface area contributed by atoms with Crippen LogP contribution in [-0.4, -0.2) is 10.1 Å². The van der Waals surface area contributed by atoms with Gasteiger partial charge in [0, 0.05) is 11.4 Å². The molecule has 0 fully saturated rings. The summed E-state index contributed by atoms with van der Waals surface area (Å²) in [4.78, 5) is 0. The van der Waals surface area contributed by atoms with Crippen molar-refractivity contribution < 1.29 is 0 Å². The number of nitrogens with two attached hydrogens (primary N) is 4. The second kappa shape index (κ2) is 4.12. The first-order valence-corrected chi connectivity index (χ1v) is 4.37. The van der Waals surface area contributed by atoms with Gasteiger partial charge in [0.1, 0.15) is 0 Å². The first-order chi connectivity index (χ1) is 6.50. The molecule has 0 amide bonds. The second-order valence-electron chi connectivity index (χ2n) is 2.92. The lowest BCUT2D eigenvalue weighted by atomic mass is 10.1. The lowest BCUT2D eigenvalue weighted by molar-refractivity contribution is 0.438. The van der Waals surface area contributed by atoms with Crippen LogP contribution in [0.4, 0.5) is 11.4 Å². The Morgan fingerprint density at radius 3 is 2.50 bits per heavy atom. The normalized spacial score (nSPS) is 9.79. The number of thiocarbonyl (C=S) groups is 1. The van der Waals surface area contributed by atoms with Crippen LogP contribution in [0.25, 0.3) is 0 Å². The van der Waals surface area contributed by atoms with Crippen LogP contribution >= 0.6 is 12.2 Å². The highest BCUT2D eigenvalue weighted by atomic mass is 32.1. The van der Waals surface area contributed by atoms with E-state index in [9.17, 15) is 0 Å². The van der Waals surface area contributed by atoms with E-state index in [0.29, 0.717) is 17.9 Å². The van der Waals surface area contributed by atoms with Gasteiger partial charge in [-0.2, -0.15) is 0 Å². The molecule has 1 aromatic carbocycles. The fourth-order valence-electron chi connectivity index (χ4n) is 1.02. The molecule has 0 saturated heterocycles. The summed E-state index contributed by atoms with van der Waals surface area (Å²) in [5.41, 5.74) is 18.6. The molecule has 14 heavy (non-hydrogen) atoms. The fraction of sp³-hybridized carbons (Fsp3) is 0.125. The minimum absolute atomic E-state index is 0.126. The van der Waals surface area contributed by atoms with E-state index in [0.717, 1.165) is 5.56 Å². The minimum atomic E-state index is 0.126. The lowest BCUT2D eigenvalue weighted by Crippen LogP contribution is -2.40. The van der Waals surface area contributed by atoms with Gasteiger partial charge in [0.25, 0.3) is 0 Å². The second-order valence-corrected chi connectivity index (χ2v) is 3.34. The molecule has 0 aliphatic rings. The average molecular weight is 211 g/mol. The Bertz CT molecular complexity index is 352. The van der Waals surface area contributed by atoms with Gasteiger partial charge in [0.2, 0.25) is 0 Å². The molecule has 8 N–H and O–H groups in total. The molecule has 0 aliphatic carbocycles. The Morgan fingerprint density at radius 1 is 1.36 bits per heavy atom. The maximum Gasteiger partial charge on any atom is 0.180 e. The number of nitrogens with zero attached hydrogens (tertiary/aromatic N) is 1. The molecular formula is C8H13N5S. The van der Waals surface area contributed by atoms with Crippen LogP contribution in [0.1, 0.15) is 5.56 Å². The number of nitrogen functional groups attached to an aromatic ring is 2. The zero-order valence-corrected chi connectivity index (χ0v) is 8.42. The highest BCUT2D eigenvalue weighted by molar-refractivity contribution is 7.80. The van der Waals surface area contributed by atoms with Crippen LogP contribution in [0, 0.1) is 0 Å². The van der Waals surface area contributed by atoms with Crippen molar-refractivity contribution in [2.75, 3.05) is 11.5 Å². The Labute approximate surface area is 87.6 Å². The highest BCUT2D eigenvalue weighted by Crippen LogP contribution is 2.16. The number of benzene rings is 1. The fourth-order valence-corrected chi connectivity index (χ4v) is 1.08. The van der Waals surface area contributed by atoms with E-state index in [1.165, 1.54) is 5.01 Å². The molecular weight excluding hydrogens is 198 g/mol. The zero-order chi connectivity index (χ0) is 10.7. The first-order valence-electron chi connectivity index (χ1n) is 3.96. The van der Waals surface area contributed by atoms with Crippen molar-refractivity contribution in [3.05, 3.63) is 23.8 Å². The molecule has 0 unspecified atom stereocenters. The summed E-state index contributed by atoms with van der Waals surface area (Å²) in [6.45, 7) is 0.376. The molecule has 0 bridgehead atoms. The Kier molecular flexibility index (Phi) is 3.10. The summed E-state index contributed by atoms with van der Waals surface area (Å²) in [6.07, 6.45) is 0. The van der Waals surface area contributed by atoms with Crippen molar-refractivity contribution in [2.24, 2.45) is 11.6 Å². The van der Waals surface area contributed by atoms with Gasteiger partial charge in [-0.1, -0.05) is 6.07 Å². The molecule has 0 atom stereocenters. The number of hydrogen-bond donors (Lipinski definition) is 4. The summed E-state index contributed by atoms with van der Waals surface area (Å²) in [5.74, 6) is 5.54. The smallest absolute Gasteiger partial charge is 0.180 e. The van der Waals surface area contributed by atoms with Gasteiger partial charge in [-0.25, -0.2) is 5.84 Å². The molecule has 1 rings (SSSR count). The van der Waals surface area contributed by atoms with Crippen molar-refractivity contribution in [1.82, 2.24) is 5.01 Å². The number of hydrogen-bond acceptors (Lipinski definition) is 4. The van der Waals surface area contributed by atoms with Gasteiger partial charge in [0.15, 0.2) is 5.11 Å². The van der Waals surface area contributed by atoms with Crippen molar-refractivity contribution in [3.63, 3.8) is 0 Å².